The zero-order valence-electron chi connectivity index (χ0n) is 9.97. The maximum atomic E-state index is 5.57. The normalized spacial score (nSPS) is 11.6. The van der Waals surface area contributed by atoms with E-state index in [2.05, 4.69) is 48.3 Å². The molecule has 2 nitrogen and oxygen atoms in total. The van der Waals surface area contributed by atoms with E-state index < -0.39 is 0 Å². The predicted molar refractivity (Wildman–Crippen MR) is 73.8 cm³/mol. The Kier molecular flexibility index (Phi) is 1.78. The summed E-state index contributed by atoms with van der Waals surface area (Å²) in [6, 6.07) is 14.9. The third kappa shape index (κ3) is 1.20. The summed E-state index contributed by atoms with van der Waals surface area (Å²) in [7, 11) is 0. The highest BCUT2D eigenvalue weighted by molar-refractivity contribution is 6.17. The Morgan fingerprint density at radius 3 is 2.67 bits per heavy atom. The fraction of sp³-hybridized carbons (Fsp3) is 0.0625. The maximum Gasteiger partial charge on any atom is 0.182 e. The van der Waals surface area contributed by atoms with Crippen LogP contribution in [0.4, 0.5) is 0 Å². The van der Waals surface area contributed by atoms with E-state index in [1.807, 2.05) is 6.07 Å². The van der Waals surface area contributed by atoms with Crippen molar-refractivity contribution in [2.45, 2.75) is 6.92 Å². The summed E-state index contributed by atoms with van der Waals surface area (Å²) in [4.78, 5) is 4.23. The summed E-state index contributed by atoms with van der Waals surface area (Å²) < 4.78 is 5.57. The molecule has 0 radical (unpaired) electrons. The molecule has 18 heavy (non-hydrogen) atoms. The van der Waals surface area contributed by atoms with Gasteiger partial charge in [-0.05, 0) is 29.1 Å². The second-order valence-electron chi connectivity index (χ2n) is 4.65. The number of benzene rings is 3. The van der Waals surface area contributed by atoms with Crippen molar-refractivity contribution in [3.8, 4) is 0 Å². The van der Waals surface area contributed by atoms with Crippen molar-refractivity contribution >= 4 is 32.6 Å². The summed E-state index contributed by atoms with van der Waals surface area (Å²) in [5, 5.41) is 4.82. The lowest BCUT2D eigenvalue weighted by molar-refractivity contribution is 0.605. The molecule has 0 atom stereocenters. The van der Waals surface area contributed by atoms with Crippen LogP contribution in [0.25, 0.3) is 32.6 Å². The van der Waals surface area contributed by atoms with Gasteiger partial charge in [-0.1, -0.05) is 42.0 Å². The highest BCUT2D eigenvalue weighted by Crippen LogP contribution is 2.32. The minimum Gasteiger partial charge on any atom is -0.443 e. The molecule has 1 aromatic heterocycles. The zero-order chi connectivity index (χ0) is 12.1. The third-order valence-corrected chi connectivity index (χ3v) is 3.45. The number of oxazole rings is 1. The molecule has 0 saturated heterocycles. The fourth-order valence-corrected chi connectivity index (χ4v) is 2.57. The van der Waals surface area contributed by atoms with Crippen molar-refractivity contribution in [2.75, 3.05) is 0 Å². The van der Waals surface area contributed by atoms with Gasteiger partial charge < -0.3 is 4.42 Å². The van der Waals surface area contributed by atoms with E-state index in [0.29, 0.717) is 0 Å². The van der Waals surface area contributed by atoms with E-state index in [-0.39, 0.29) is 0 Å². The largest absolute Gasteiger partial charge is 0.443 e. The number of hydrogen-bond donors (Lipinski definition) is 0. The number of rotatable bonds is 0. The van der Waals surface area contributed by atoms with Crippen molar-refractivity contribution in [1.29, 1.82) is 0 Å². The first-order chi connectivity index (χ1) is 8.83. The quantitative estimate of drug-likeness (QED) is 0.419. The fourth-order valence-electron chi connectivity index (χ4n) is 2.57. The molecule has 2 heteroatoms. The molecule has 4 aromatic rings. The van der Waals surface area contributed by atoms with E-state index in [9.17, 15) is 0 Å². The minimum atomic E-state index is 0.878. The Labute approximate surface area is 104 Å². The van der Waals surface area contributed by atoms with E-state index >= 15 is 0 Å². The van der Waals surface area contributed by atoms with Gasteiger partial charge in [0.2, 0.25) is 0 Å². The SMILES string of the molecule is Cc1ccc2ccc3ccc4ncoc4c3c2c1. The number of aryl methyl sites for hydroxylation is 1. The van der Waals surface area contributed by atoms with Gasteiger partial charge in [0.15, 0.2) is 12.0 Å². The highest BCUT2D eigenvalue weighted by atomic mass is 16.3. The number of nitrogens with zero attached hydrogens (tertiary/aromatic N) is 1. The molecular formula is C16H11NO. The van der Waals surface area contributed by atoms with Crippen LogP contribution in [0.1, 0.15) is 5.56 Å². The zero-order valence-corrected chi connectivity index (χ0v) is 9.97. The van der Waals surface area contributed by atoms with E-state index in [1.165, 1.54) is 28.1 Å². The van der Waals surface area contributed by atoms with Gasteiger partial charge in [0.05, 0.1) is 0 Å². The first kappa shape index (κ1) is 9.66. The monoisotopic (exact) mass is 233 g/mol. The molecule has 0 aliphatic heterocycles. The third-order valence-electron chi connectivity index (χ3n) is 3.45. The van der Waals surface area contributed by atoms with Crippen LogP contribution >= 0.6 is 0 Å². The first-order valence-electron chi connectivity index (χ1n) is 5.98. The van der Waals surface area contributed by atoms with Crippen molar-refractivity contribution in [2.24, 2.45) is 0 Å². The van der Waals surface area contributed by atoms with E-state index in [4.69, 9.17) is 4.42 Å². The molecule has 4 rings (SSSR count). The Bertz CT molecular complexity index is 889. The summed E-state index contributed by atoms with van der Waals surface area (Å²) >= 11 is 0. The summed E-state index contributed by atoms with van der Waals surface area (Å²) in [6.07, 6.45) is 1.51. The lowest BCUT2D eigenvalue weighted by atomic mass is 10.00. The Balaban J connectivity index is 2.37. The van der Waals surface area contributed by atoms with Crippen LogP contribution in [0.15, 0.2) is 53.3 Å². The molecule has 1 heterocycles. The minimum absolute atomic E-state index is 0.878. The number of hydrogen-bond acceptors (Lipinski definition) is 2. The molecule has 0 amide bonds. The van der Waals surface area contributed by atoms with Gasteiger partial charge in [0.25, 0.3) is 0 Å². The molecule has 0 N–H and O–H groups in total. The van der Waals surface area contributed by atoms with Crippen LogP contribution in [0.3, 0.4) is 0 Å². The Morgan fingerprint density at radius 1 is 0.944 bits per heavy atom. The van der Waals surface area contributed by atoms with Gasteiger partial charge in [-0.2, -0.15) is 0 Å². The van der Waals surface area contributed by atoms with Gasteiger partial charge in [0.1, 0.15) is 5.52 Å². The second-order valence-corrected chi connectivity index (χ2v) is 4.65. The lowest BCUT2D eigenvalue weighted by Gasteiger charge is -2.05. The molecule has 86 valence electrons. The van der Waals surface area contributed by atoms with Crippen LogP contribution in [-0.4, -0.2) is 4.98 Å². The Morgan fingerprint density at radius 2 is 1.72 bits per heavy atom. The first-order valence-corrected chi connectivity index (χ1v) is 5.98. The average molecular weight is 233 g/mol. The molecule has 0 saturated carbocycles. The smallest absolute Gasteiger partial charge is 0.182 e. The summed E-state index contributed by atoms with van der Waals surface area (Å²) in [5.74, 6) is 0. The second kappa shape index (κ2) is 3.33. The van der Waals surface area contributed by atoms with Crippen LogP contribution in [0, 0.1) is 6.92 Å². The molecule has 0 unspecified atom stereocenters. The van der Waals surface area contributed by atoms with Crippen molar-refractivity contribution in [1.82, 2.24) is 4.98 Å². The van der Waals surface area contributed by atoms with Gasteiger partial charge in [-0.3, -0.25) is 0 Å². The van der Waals surface area contributed by atoms with Gasteiger partial charge in [-0.15, -0.1) is 0 Å². The van der Waals surface area contributed by atoms with Crippen LogP contribution in [0.5, 0.6) is 0 Å². The van der Waals surface area contributed by atoms with Crippen molar-refractivity contribution in [3.63, 3.8) is 0 Å². The summed E-state index contributed by atoms with van der Waals surface area (Å²) in [5.41, 5.74) is 3.05. The highest BCUT2D eigenvalue weighted by Gasteiger charge is 2.08. The molecule has 3 aromatic carbocycles. The number of aromatic nitrogens is 1. The molecular weight excluding hydrogens is 222 g/mol. The van der Waals surface area contributed by atoms with E-state index in [1.54, 1.807) is 0 Å². The average Bonchev–Trinajstić information content (AvgIpc) is 2.86. The Hall–Kier alpha value is -2.35. The summed E-state index contributed by atoms with van der Waals surface area (Å²) in [6.45, 7) is 2.11. The molecule has 0 aliphatic carbocycles. The lowest BCUT2D eigenvalue weighted by Crippen LogP contribution is -1.80. The standard InChI is InChI=1S/C16H11NO/c1-10-2-3-11-4-5-12-6-7-14-16(18-9-17-14)15(12)13(11)8-10/h2-9H,1H3. The number of fused-ring (bicyclic) bond motifs is 5. The van der Waals surface area contributed by atoms with Crippen LogP contribution < -0.4 is 0 Å². The topological polar surface area (TPSA) is 26.0 Å². The van der Waals surface area contributed by atoms with Gasteiger partial charge in [-0.25, -0.2) is 4.98 Å². The van der Waals surface area contributed by atoms with Crippen molar-refractivity contribution < 1.29 is 4.42 Å². The van der Waals surface area contributed by atoms with Crippen LogP contribution in [-0.2, 0) is 0 Å². The van der Waals surface area contributed by atoms with Crippen molar-refractivity contribution in [3.05, 3.63) is 54.4 Å². The maximum absolute atomic E-state index is 5.57. The molecule has 0 spiro atoms. The molecule has 0 fully saturated rings. The molecule has 0 bridgehead atoms. The van der Waals surface area contributed by atoms with Crippen LogP contribution in [0.2, 0.25) is 0 Å². The predicted octanol–water partition coefficient (Wildman–Crippen LogP) is 4.44. The van der Waals surface area contributed by atoms with Gasteiger partial charge >= 0.3 is 0 Å². The van der Waals surface area contributed by atoms with Gasteiger partial charge in [0, 0.05) is 5.39 Å². The van der Waals surface area contributed by atoms with E-state index in [0.717, 1.165) is 16.5 Å². The molecule has 0 aliphatic rings.